The van der Waals surface area contributed by atoms with Gasteiger partial charge in [0.2, 0.25) is 6.08 Å². The molecule has 7 heteroatoms. The van der Waals surface area contributed by atoms with Gasteiger partial charge < -0.3 is 10.1 Å². The van der Waals surface area contributed by atoms with Crippen LogP contribution in [0.2, 0.25) is 0 Å². The topological polar surface area (TPSA) is 108 Å². The summed E-state index contributed by atoms with van der Waals surface area (Å²) in [6.07, 6.45) is 4.61. The molecule has 0 saturated carbocycles. The second-order valence-electron chi connectivity index (χ2n) is 2.61. The lowest BCUT2D eigenvalue weighted by Gasteiger charge is -1.81. The van der Waals surface area contributed by atoms with Crippen molar-refractivity contribution in [2.75, 3.05) is 6.54 Å². The highest BCUT2D eigenvalue weighted by molar-refractivity contribution is 5.73. The van der Waals surface area contributed by atoms with E-state index in [2.05, 4.69) is 20.2 Å². The van der Waals surface area contributed by atoms with Crippen molar-refractivity contribution in [2.24, 2.45) is 4.99 Å². The van der Waals surface area contributed by atoms with Gasteiger partial charge >= 0.3 is 5.97 Å². The van der Waals surface area contributed by atoms with E-state index in [1.807, 2.05) is 18.3 Å². The number of H-pyrrole nitrogens is 1. The smallest absolute Gasteiger partial charge is 0.326 e. The molecule has 2 N–H and O–H groups in total. The van der Waals surface area contributed by atoms with Crippen LogP contribution in [-0.4, -0.2) is 38.9 Å². The maximum absolute atomic E-state index is 9.49. The van der Waals surface area contributed by atoms with Crippen LogP contribution in [0.5, 0.6) is 0 Å². The molecule has 2 aromatic heterocycles. The van der Waals surface area contributed by atoms with Gasteiger partial charge in [-0.1, -0.05) is 0 Å². The number of aromatic nitrogens is 3. The third-order valence-electron chi connectivity index (χ3n) is 1.51. The zero-order chi connectivity index (χ0) is 11.8. The van der Waals surface area contributed by atoms with Gasteiger partial charge in [-0.25, -0.2) is 4.79 Å². The maximum Gasteiger partial charge on any atom is 0.326 e. The van der Waals surface area contributed by atoms with Crippen molar-refractivity contribution < 1.29 is 14.7 Å². The van der Waals surface area contributed by atoms with Gasteiger partial charge in [0.05, 0.1) is 11.7 Å². The molecule has 7 nitrogen and oxygen atoms in total. The summed E-state index contributed by atoms with van der Waals surface area (Å²) in [4.78, 5) is 24.4. The summed E-state index contributed by atoms with van der Waals surface area (Å²) in [6, 6.07) is 3.78. The van der Waals surface area contributed by atoms with E-state index in [1.54, 1.807) is 6.20 Å². The molecule has 0 fully saturated rings. The van der Waals surface area contributed by atoms with Crippen LogP contribution in [0.15, 0.2) is 29.5 Å². The summed E-state index contributed by atoms with van der Waals surface area (Å²) in [5.74, 6) is -1.12. The Morgan fingerprint density at radius 2 is 2.38 bits per heavy atom. The molecule has 16 heavy (non-hydrogen) atoms. The van der Waals surface area contributed by atoms with Gasteiger partial charge in [-0.3, -0.25) is 4.79 Å². The number of aromatic amines is 1. The van der Waals surface area contributed by atoms with Crippen LogP contribution in [0.25, 0.3) is 11.0 Å². The fraction of sp³-hybridized carbons (Fsp3) is 0.111. The zero-order valence-corrected chi connectivity index (χ0v) is 8.12. The Hall–Kier alpha value is -2.53. The molecule has 2 aromatic rings. The SMILES string of the molecule is O=C=NCC(=O)O.c1cc2[nH]ccc2nn1. The highest BCUT2D eigenvalue weighted by atomic mass is 16.4. The van der Waals surface area contributed by atoms with Crippen molar-refractivity contribution in [1.29, 1.82) is 0 Å². The first kappa shape index (κ1) is 11.5. The van der Waals surface area contributed by atoms with E-state index in [4.69, 9.17) is 9.90 Å². The minimum atomic E-state index is -1.12. The lowest BCUT2D eigenvalue weighted by atomic mass is 10.4. The first-order valence-electron chi connectivity index (χ1n) is 4.24. The van der Waals surface area contributed by atoms with E-state index in [0.717, 1.165) is 17.1 Å². The highest BCUT2D eigenvalue weighted by Gasteiger charge is 1.89. The third kappa shape index (κ3) is 3.69. The lowest BCUT2D eigenvalue weighted by Crippen LogP contribution is -1.97. The first-order chi connectivity index (χ1) is 7.74. The van der Waals surface area contributed by atoms with Crippen LogP contribution in [0.3, 0.4) is 0 Å². The van der Waals surface area contributed by atoms with Crippen molar-refractivity contribution in [3.05, 3.63) is 24.5 Å². The van der Waals surface area contributed by atoms with Crippen molar-refractivity contribution in [3.8, 4) is 0 Å². The number of carbonyl (C=O) groups excluding carboxylic acids is 1. The van der Waals surface area contributed by atoms with Crippen LogP contribution in [0, 0.1) is 0 Å². The van der Waals surface area contributed by atoms with Gasteiger partial charge in [-0.05, 0) is 12.1 Å². The molecule has 0 bridgehead atoms. The highest BCUT2D eigenvalue weighted by Crippen LogP contribution is 2.03. The van der Waals surface area contributed by atoms with Crippen LogP contribution in [-0.2, 0) is 9.59 Å². The molecule has 0 unspecified atom stereocenters. The standard InChI is InChI=1S/C6H5N3.C3H3NO3/c1-3-7-5-2-4-8-9-6(1)5;5-2-4-1-3(6)7/h1-4,7H;1H2,(H,6,7). The van der Waals surface area contributed by atoms with Crippen molar-refractivity contribution in [3.63, 3.8) is 0 Å². The van der Waals surface area contributed by atoms with Crippen LogP contribution in [0.1, 0.15) is 0 Å². The normalized spacial score (nSPS) is 8.75. The number of isocyanates is 1. The Kier molecular flexibility index (Phi) is 4.36. The Bertz CT molecular complexity index is 486. The first-order valence-corrected chi connectivity index (χ1v) is 4.24. The Morgan fingerprint density at radius 1 is 1.56 bits per heavy atom. The number of aliphatic carboxylic acids is 1. The Balaban J connectivity index is 0.000000168. The molecule has 0 saturated heterocycles. The van der Waals surface area contributed by atoms with E-state index < -0.39 is 12.5 Å². The predicted octanol–water partition coefficient (Wildman–Crippen LogP) is 0.365. The van der Waals surface area contributed by atoms with Gasteiger partial charge in [-0.15, -0.1) is 5.10 Å². The molecular formula is C9H8N4O3. The second kappa shape index (κ2) is 6.05. The van der Waals surface area contributed by atoms with Crippen molar-refractivity contribution >= 4 is 23.1 Å². The molecule has 0 aromatic carbocycles. The zero-order valence-electron chi connectivity index (χ0n) is 8.12. The van der Waals surface area contributed by atoms with Gasteiger partial charge in [0.25, 0.3) is 0 Å². The summed E-state index contributed by atoms with van der Waals surface area (Å²) in [7, 11) is 0. The lowest BCUT2D eigenvalue weighted by molar-refractivity contribution is -0.135. The average molecular weight is 220 g/mol. The second-order valence-corrected chi connectivity index (χ2v) is 2.61. The van der Waals surface area contributed by atoms with Crippen molar-refractivity contribution in [1.82, 2.24) is 15.2 Å². The molecule has 0 aliphatic rings. The van der Waals surface area contributed by atoms with E-state index in [-0.39, 0.29) is 0 Å². The molecular weight excluding hydrogens is 212 g/mol. The van der Waals surface area contributed by atoms with Crippen LogP contribution in [0.4, 0.5) is 0 Å². The predicted molar refractivity (Wildman–Crippen MR) is 54.5 cm³/mol. The number of fused-ring (bicyclic) bond motifs is 1. The number of nitrogens with one attached hydrogen (secondary N) is 1. The summed E-state index contributed by atoms with van der Waals surface area (Å²) in [5, 5.41) is 15.3. The largest absolute Gasteiger partial charge is 0.480 e. The van der Waals surface area contributed by atoms with E-state index in [0.29, 0.717) is 0 Å². The summed E-state index contributed by atoms with van der Waals surface area (Å²) < 4.78 is 0. The quantitative estimate of drug-likeness (QED) is 0.561. The molecule has 82 valence electrons. The number of carboxylic acid groups (broad SMARTS) is 1. The molecule has 2 heterocycles. The molecule has 0 spiro atoms. The number of aliphatic imine (C=N–C) groups is 1. The van der Waals surface area contributed by atoms with Crippen molar-refractivity contribution in [2.45, 2.75) is 0 Å². The number of rotatable bonds is 2. The summed E-state index contributed by atoms with van der Waals surface area (Å²) in [5.41, 5.74) is 1.95. The van der Waals surface area contributed by atoms with Gasteiger partial charge in [0.1, 0.15) is 12.1 Å². The molecule has 0 aliphatic heterocycles. The Labute approximate surface area is 89.8 Å². The van der Waals surface area contributed by atoms with Gasteiger partial charge in [0.15, 0.2) is 0 Å². The minimum Gasteiger partial charge on any atom is -0.480 e. The molecule has 0 radical (unpaired) electrons. The van der Waals surface area contributed by atoms with Crippen LogP contribution < -0.4 is 0 Å². The van der Waals surface area contributed by atoms with Gasteiger partial charge in [-0.2, -0.15) is 10.1 Å². The maximum atomic E-state index is 9.49. The summed E-state index contributed by atoms with van der Waals surface area (Å²) in [6.45, 7) is -0.483. The van der Waals surface area contributed by atoms with E-state index in [1.165, 1.54) is 0 Å². The van der Waals surface area contributed by atoms with Crippen LogP contribution >= 0.6 is 0 Å². The monoisotopic (exact) mass is 220 g/mol. The Morgan fingerprint density at radius 3 is 2.94 bits per heavy atom. The van der Waals surface area contributed by atoms with E-state index in [9.17, 15) is 4.79 Å². The molecule has 0 aliphatic carbocycles. The number of carboxylic acids is 1. The molecule has 2 rings (SSSR count). The minimum absolute atomic E-state index is 0.483. The van der Waals surface area contributed by atoms with Gasteiger partial charge in [0, 0.05) is 6.20 Å². The number of hydrogen-bond donors (Lipinski definition) is 2. The average Bonchev–Trinajstić information content (AvgIpc) is 2.75. The number of carbonyl (C=O) groups is 1. The van der Waals surface area contributed by atoms with E-state index >= 15 is 0 Å². The fourth-order valence-corrected chi connectivity index (χ4v) is 0.898. The summed E-state index contributed by atoms with van der Waals surface area (Å²) >= 11 is 0. The third-order valence-corrected chi connectivity index (χ3v) is 1.51. The number of hydrogen-bond acceptors (Lipinski definition) is 5. The molecule has 0 amide bonds. The number of nitrogens with zero attached hydrogens (tertiary/aromatic N) is 3. The molecule has 0 atom stereocenters. The fourth-order valence-electron chi connectivity index (χ4n) is 0.898.